The van der Waals surface area contributed by atoms with Crippen LogP contribution in [0.1, 0.15) is 74.9 Å². The number of rotatable bonds is 2. The van der Waals surface area contributed by atoms with Gasteiger partial charge < -0.3 is 0 Å². The Morgan fingerprint density at radius 1 is 0.254 bits per heavy atom. The van der Waals surface area contributed by atoms with Crippen LogP contribution in [0.25, 0.3) is 118 Å². The van der Waals surface area contributed by atoms with Crippen molar-refractivity contribution in [3.8, 4) is 55.6 Å². The number of fused-ring (bicyclic) bond motifs is 19. The Morgan fingerprint density at radius 3 is 1.00 bits per heavy atom. The monoisotopic (exact) mass is 890 g/mol. The number of hydrogen-bond acceptors (Lipinski definition) is 2. The summed E-state index contributed by atoms with van der Waals surface area (Å²) in [5.41, 5.74) is 21.6. The molecule has 0 nitrogen and oxygen atoms in total. The van der Waals surface area contributed by atoms with Gasteiger partial charge in [0.05, 0.1) is 0 Å². The minimum absolute atomic E-state index is 0.183. The van der Waals surface area contributed by atoms with E-state index in [1.54, 1.807) is 0 Å². The summed E-state index contributed by atoms with van der Waals surface area (Å²) in [6.45, 7) is 14.8. The second kappa shape index (κ2) is 12.8. The standard InChI is InChI=1S/C65H46S2/c1-63(2)51-33-49-53(64(3,4)55-29-43(37-15-7-9-19-41(37)61(49)55)35-23-25-59-47(27-35)39-17-11-13-21-57(39)66-59)31-45(51)46-32-54-50(34-52(46)63)62-42-20-10-8-16-38(42)44(30-56(62)65(54,5)6)36-24-26-60-48(28-36)40-18-12-14-22-58(40)67-60/h7-34H,1-6H3. The third-order valence-electron chi connectivity index (χ3n) is 16.6. The predicted octanol–water partition coefficient (Wildman–Crippen LogP) is 19.0. The number of benzene rings is 10. The summed E-state index contributed by atoms with van der Waals surface area (Å²) < 4.78 is 5.38. The quantitative estimate of drug-likeness (QED) is 0.162. The first-order valence-electron chi connectivity index (χ1n) is 23.8. The van der Waals surface area contributed by atoms with E-state index in [0.29, 0.717) is 0 Å². The summed E-state index contributed by atoms with van der Waals surface area (Å²) in [5.74, 6) is 0. The van der Waals surface area contributed by atoms with Gasteiger partial charge in [0.1, 0.15) is 0 Å². The molecule has 2 heterocycles. The van der Waals surface area contributed by atoms with E-state index in [4.69, 9.17) is 0 Å². The molecule has 10 aromatic carbocycles. The molecule has 3 aliphatic rings. The molecule has 2 heteroatoms. The van der Waals surface area contributed by atoms with Crippen molar-refractivity contribution < 1.29 is 0 Å². The second-order valence-electron chi connectivity index (χ2n) is 21.2. The largest absolute Gasteiger partial charge is 0.135 e. The van der Waals surface area contributed by atoms with E-state index in [1.807, 2.05) is 22.7 Å². The zero-order chi connectivity index (χ0) is 44.9. The van der Waals surface area contributed by atoms with Gasteiger partial charge in [-0.15, -0.1) is 22.7 Å². The highest BCUT2D eigenvalue weighted by molar-refractivity contribution is 7.26. The van der Waals surface area contributed by atoms with E-state index in [-0.39, 0.29) is 16.2 Å². The van der Waals surface area contributed by atoms with Gasteiger partial charge in [-0.25, -0.2) is 0 Å². The fraction of sp³-hybridized carbons (Fsp3) is 0.138. The lowest BCUT2D eigenvalue weighted by molar-refractivity contribution is 0.649. The molecule has 3 aliphatic carbocycles. The van der Waals surface area contributed by atoms with Crippen LogP contribution in [0.5, 0.6) is 0 Å². The molecule has 0 N–H and O–H groups in total. The van der Waals surface area contributed by atoms with E-state index >= 15 is 0 Å². The maximum absolute atomic E-state index is 2.61. The van der Waals surface area contributed by atoms with Crippen molar-refractivity contribution in [2.75, 3.05) is 0 Å². The van der Waals surface area contributed by atoms with Gasteiger partial charge in [0.25, 0.3) is 0 Å². The summed E-state index contributed by atoms with van der Waals surface area (Å²) in [4.78, 5) is 0. The van der Waals surface area contributed by atoms with Crippen molar-refractivity contribution in [1.29, 1.82) is 0 Å². The molecule has 15 rings (SSSR count). The molecule has 67 heavy (non-hydrogen) atoms. The first-order chi connectivity index (χ1) is 32.5. The van der Waals surface area contributed by atoms with Crippen molar-refractivity contribution in [2.24, 2.45) is 0 Å². The van der Waals surface area contributed by atoms with E-state index in [0.717, 1.165) is 0 Å². The Labute approximate surface area is 398 Å². The molecule has 2 aromatic heterocycles. The van der Waals surface area contributed by atoms with Crippen LogP contribution >= 0.6 is 22.7 Å². The van der Waals surface area contributed by atoms with Crippen LogP contribution in [0.4, 0.5) is 0 Å². The fourth-order valence-corrected chi connectivity index (χ4v) is 15.3. The van der Waals surface area contributed by atoms with Gasteiger partial charge in [0.15, 0.2) is 0 Å². The normalized spacial score (nSPS) is 15.7. The smallest absolute Gasteiger partial charge is 0.0355 e. The minimum Gasteiger partial charge on any atom is -0.135 e. The molecule has 318 valence electrons. The van der Waals surface area contributed by atoms with Crippen molar-refractivity contribution >= 4 is 84.6 Å². The van der Waals surface area contributed by atoms with Crippen molar-refractivity contribution in [3.63, 3.8) is 0 Å². The first-order valence-corrected chi connectivity index (χ1v) is 25.4. The van der Waals surface area contributed by atoms with E-state index in [2.05, 4.69) is 211 Å². The molecule has 0 saturated carbocycles. The maximum atomic E-state index is 2.61. The van der Waals surface area contributed by atoms with E-state index in [9.17, 15) is 0 Å². The summed E-state index contributed by atoms with van der Waals surface area (Å²) >= 11 is 3.78. The molecule has 0 fully saturated rings. The SMILES string of the molecule is CC1(C)c2cc3c(cc2-c2cc4c(cc21)-c1c(cc(-c2ccc5sc6ccccc6c5c2)c2ccccc12)C4(C)C)C(C)(C)c1cc(-c2ccc4sc5ccccc5c4c2)c2ccccc2c1-3. The average molecular weight is 891 g/mol. The van der Waals surface area contributed by atoms with E-state index < -0.39 is 0 Å². The highest BCUT2D eigenvalue weighted by Gasteiger charge is 2.45. The summed E-state index contributed by atoms with van der Waals surface area (Å²) in [6, 6.07) is 65.8. The molecule has 0 radical (unpaired) electrons. The van der Waals surface area contributed by atoms with Crippen LogP contribution in [0.15, 0.2) is 170 Å². The Hall–Kier alpha value is -6.84. The third-order valence-corrected chi connectivity index (χ3v) is 19.0. The van der Waals surface area contributed by atoms with Crippen LogP contribution < -0.4 is 0 Å². The lowest BCUT2D eigenvalue weighted by Crippen LogP contribution is -2.17. The molecule has 0 unspecified atom stereocenters. The van der Waals surface area contributed by atoms with Crippen molar-refractivity contribution in [1.82, 2.24) is 0 Å². The van der Waals surface area contributed by atoms with Crippen LogP contribution in [-0.2, 0) is 16.2 Å². The van der Waals surface area contributed by atoms with Gasteiger partial charge in [0, 0.05) is 56.6 Å². The number of thiophene rings is 2. The first kappa shape index (κ1) is 38.3. The van der Waals surface area contributed by atoms with Crippen LogP contribution in [0.2, 0.25) is 0 Å². The van der Waals surface area contributed by atoms with Gasteiger partial charge in [-0.05, 0) is 183 Å². The van der Waals surface area contributed by atoms with Gasteiger partial charge in [0.2, 0.25) is 0 Å². The molecule has 0 amide bonds. The predicted molar refractivity (Wildman–Crippen MR) is 291 cm³/mol. The summed E-state index contributed by atoms with van der Waals surface area (Å²) in [6.07, 6.45) is 0. The van der Waals surface area contributed by atoms with Crippen molar-refractivity contribution in [2.45, 2.75) is 57.8 Å². The molecular weight excluding hydrogens is 845 g/mol. The Balaban J connectivity index is 0.895. The third kappa shape index (κ3) is 4.87. The van der Waals surface area contributed by atoms with Gasteiger partial charge in [-0.3, -0.25) is 0 Å². The van der Waals surface area contributed by atoms with Gasteiger partial charge in [-0.1, -0.05) is 139 Å². The summed E-state index contributed by atoms with van der Waals surface area (Å²) in [5, 5.41) is 10.7. The van der Waals surface area contributed by atoms with Gasteiger partial charge >= 0.3 is 0 Å². The topological polar surface area (TPSA) is 0 Å². The lowest BCUT2D eigenvalue weighted by Gasteiger charge is -2.25. The average Bonchev–Trinajstić information content (AvgIpc) is 4.08. The highest BCUT2D eigenvalue weighted by Crippen LogP contribution is 2.61. The number of hydrogen-bond donors (Lipinski definition) is 0. The van der Waals surface area contributed by atoms with Gasteiger partial charge in [-0.2, -0.15) is 0 Å². The molecule has 0 spiro atoms. The second-order valence-corrected chi connectivity index (χ2v) is 23.3. The molecule has 0 aliphatic heterocycles. The highest BCUT2D eigenvalue weighted by atomic mass is 32.1. The molecule has 12 aromatic rings. The molecule has 0 saturated heterocycles. The van der Waals surface area contributed by atoms with Crippen LogP contribution in [-0.4, -0.2) is 0 Å². The minimum atomic E-state index is -0.190. The molecular formula is C65H46S2. The zero-order valence-corrected chi connectivity index (χ0v) is 40.1. The zero-order valence-electron chi connectivity index (χ0n) is 38.5. The van der Waals surface area contributed by atoms with Crippen LogP contribution in [0.3, 0.4) is 0 Å². The molecule has 0 bridgehead atoms. The van der Waals surface area contributed by atoms with Crippen molar-refractivity contribution in [3.05, 3.63) is 203 Å². The summed E-state index contributed by atoms with van der Waals surface area (Å²) in [7, 11) is 0. The molecule has 0 atom stereocenters. The fourth-order valence-electron chi connectivity index (χ4n) is 13.1. The van der Waals surface area contributed by atoms with Crippen LogP contribution in [0, 0.1) is 0 Å². The Kier molecular flexibility index (Phi) is 7.30. The maximum Gasteiger partial charge on any atom is 0.0355 e. The Morgan fingerprint density at radius 2 is 0.567 bits per heavy atom. The lowest BCUT2D eigenvalue weighted by atomic mass is 9.78. The Bertz CT molecular complexity index is 3970. The van der Waals surface area contributed by atoms with E-state index in [1.165, 1.54) is 151 Å².